The zero-order valence-corrected chi connectivity index (χ0v) is 14.9. The van der Waals surface area contributed by atoms with E-state index in [1.807, 2.05) is 66.8 Å². The van der Waals surface area contributed by atoms with Gasteiger partial charge in [0.05, 0.1) is 22.8 Å². The lowest BCUT2D eigenvalue weighted by Gasteiger charge is -1.92. The molecule has 8 bridgehead atoms. The zero-order valence-electron chi connectivity index (χ0n) is 14.9. The van der Waals surface area contributed by atoms with Crippen LogP contribution in [0.1, 0.15) is 28.3 Å². The van der Waals surface area contributed by atoms with Crippen LogP contribution in [-0.2, 0) is 4.79 Å². The minimum absolute atomic E-state index is 0.423. The monoisotopic (exact) mass is 364 g/mol. The molecule has 0 saturated heterocycles. The third-order valence-corrected chi connectivity index (χ3v) is 4.66. The van der Waals surface area contributed by atoms with E-state index in [0.29, 0.717) is 5.57 Å². The summed E-state index contributed by atoms with van der Waals surface area (Å²) in [7, 11) is 0. The van der Waals surface area contributed by atoms with E-state index in [4.69, 9.17) is 0 Å². The molecule has 28 heavy (non-hydrogen) atoms. The first-order chi connectivity index (χ1) is 13.7. The van der Waals surface area contributed by atoms with Gasteiger partial charge >= 0.3 is 0 Å². The number of carbonyl (C=O) groups is 1. The van der Waals surface area contributed by atoms with Gasteiger partial charge in [0.25, 0.3) is 0 Å². The van der Waals surface area contributed by atoms with E-state index < -0.39 is 0 Å². The number of carbonyl (C=O) groups excluding carboxylic acids is 1. The van der Waals surface area contributed by atoms with Gasteiger partial charge in [-0.25, -0.2) is 9.97 Å². The Morgan fingerprint density at radius 3 is 2.04 bits per heavy atom. The molecule has 3 aromatic heterocycles. The van der Waals surface area contributed by atoms with Gasteiger partial charge in [-0.1, -0.05) is 6.58 Å². The van der Waals surface area contributed by atoms with Crippen LogP contribution < -0.4 is 0 Å². The number of hydrogen-bond donors (Lipinski definition) is 2. The summed E-state index contributed by atoms with van der Waals surface area (Å²) in [4.78, 5) is 27.3. The molecule has 0 atom stereocenters. The highest BCUT2D eigenvalue weighted by Crippen LogP contribution is 2.22. The maximum absolute atomic E-state index is 11.3. The van der Waals surface area contributed by atoms with Crippen molar-refractivity contribution in [2.75, 3.05) is 0 Å². The molecule has 0 saturated carbocycles. The first-order valence-corrected chi connectivity index (χ1v) is 8.89. The predicted octanol–water partition coefficient (Wildman–Crippen LogP) is 4.87. The van der Waals surface area contributed by atoms with Gasteiger partial charge in [-0.15, -0.1) is 0 Å². The van der Waals surface area contributed by atoms with Crippen molar-refractivity contribution in [1.82, 2.24) is 19.9 Å². The standard InChI is InChI=1S/C23H16N4O/c1-14(13-28)22-11-21-10-19-5-4-17(25-19)8-15-2-3-16(24-15)9-18-6-7-20(26-18)12-23(22)27-21/h2-13,25,27H,1H2. The van der Waals surface area contributed by atoms with Gasteiger partial charge < -0.3 is 9.97 Å². The summed E-state index contributed by atoms with van der Waals surface area (Å²) in [5, 5.41) is 0. The molecule has 134 valence electrons. The fourth-order valence-electron chi connectivity index (χ4n) is 3.35. The van der Waals surface area contributed by atoms with Gasteiger partial charge in [-0.3, -0.25) is 4.79 Å². The maximum atomic E-state index is 11.3. The number of H-pyrrole nitrogens is 2. The third-order valence-electron chi connectivity index (χ3n) is 4.66. The van der Waals surface area contributed by atoms with Crippen LogP contribution in [0.4, 0.5) is 0 Å². The van der Waals surface area contributed by atoms with Gasteiger partial charge in [-0.05, 0) is 66.8 Å². The summed E-state index contributed by atoms with van der Waals surface area (Å²) in [6.45, 7) is 3.86. The SMILES string of the molecule is C=C(C=O)c1cc2cc3ccc(cc4nc(cc5nc(cc1[nH]2)C=C5)C=C4)[nH]3. The van der Waals surface area contributed by atoms with E-state index in [2.05, 4.69) is 26.5 Å². The minimum atomic E-state index is 0.423. The highest BCUT2D eigenvalue weighted by atomic mass is 16.1. The highest BCUT2D eigenvalue weighted by Gasteiger charge is 2.07. The Kier molecular flexibility index (Phi) is 3.66. The molecule has 0 spiro atoms. The van der Waals surface area contributed by atoms with Crippen LogP contribution >= 0.6 is 0 Å². The molecule has 0 radical (unpaired) electrons. The zero-order chi connectivity index (χ0) is 19.1. The summed E-state index contributed by atoms with van der Waals surface area (Å²) < 4.78 is 0. The van der Waals surface area contributed by atoms with Crippen molar-refractivity contribution >= 4 is 58.2 Å². The van der Waals surface area contributed by atoms with Crippen molar-refractivity contribution in [2.24, 2.45) is 0 Å². The van der Waals surface area contributed by atoms with Gasteiger partial charge in [0.1, 0.15) is 6.29 Å². The van der Waals surface area contributed by atoms with Crippen LogP contribution in [0.5, 0.6) is 0 Å². The summed E-state index contributed by atoms with van der Waals surface area (Å²) in [6.07, 6.45) is 8.61. The molecule has 0 aliphatic carbocycles. The Bertz CT molecular complexity index is 1350. The molecule has 5 heterocycles. The molecule has 2 aliphatic rings. The average molecular weight is 364 g/mol. The number of aromatic amines is 2. The second-order valence-electron chi connectivity index (χ2n) is 6.73. The Balaban J connectivity index is 1.87. The number of fused-ring (bicyclic) bond motifs is 8. The van der Waals surface area contributed by atoms with Crippen LogP contribution in [0.25, 0.3) is 51.9 Å². The van der Waals surface area contributed by atoms with E-state index in [-0.39, 0.29) is 0 Å². The lowest BCUT2D eigenvalue weighted by atomic mass is 10.1. The van der Waals surface area contributed by atoms with E-state index in [1.165, 1.54) is 0 Å². The van der Waals surface area contributed by atoms with Crippen molar-refractivity contribution in [3.05, 3.63) is 77.4 Å². The number of nitrogens with one attached hydrogen (secondary N) is 2. The average Bonchev–Trinajstić information content (AvgIpc) is 3.45. The van der Waals surface area contributed by atoms with E-state index in [1.54, 1.807) is 0 Å². The van der Waals surface area contributed by atoms with Gasteiger partial charge in [0, 0.05) is 33.2 Å². The largest absolute Gasteiger partial charge is 0.355 e. The normalized spacial score (nSPS) is 12.3. The molecule has 0 amide bonds. The van der Waals surface area contributed by atoms with Gasteiger partial charge in [-0.2, -0.15) is 0 Å². The lowest BCUT2D eigenvalue weighted by Crippen LogP contribution is -1.81. The minimum Gasteiger partial charge on any atom is -0.355 e. The molecule has 2 N–H and O–H groups in total. The lowest BCUT2D eigenvalue weighted by molar-refractivity contribution is -0.103. The first-order valence-electron chi connectivity index (χ1n) is 8.89. The van der Waals surface area contributed by atoms with E-state index in [9.17, 15) is 4.79 Å². The van der Waals surface area contributed by atoms with Crippen LogP contribution in [0.3, 0.4) is 0 Å². The number of allylic oxidation sites excluding steroid dienone is 1. The topological polar surface area (TPSA) is 74.4 Å². The van der Waals surface area contributed by atoms with Crippen LogP contribution in [0, 0.1) is 0 Å². The van der Waals surface area contributed by atoms with Gasteiger partial charge in [0.2, 0.25) is 0 Å². The van der Waals surface area contributed by atoms with Crippen molar-refractivity contribution < 1.29 is 4.79 Å². The van der Waals surface area contributed by atoms with Gasteiger partial charge in [0.15, 0.2) is 0 Å². The fourth-order valence-corrected chi connectivity index (χ4v) is 3.35. The molecule has 0 unspecified atom stereocenters. The van der Waals surface area contributed by atoms with Crippen LogP contribution in [0.15, 0.2) is 49.0 Å². The number of nitrogens with zero attached hydrogens (tertiary/aromatic N) is 2. The smallest absolute Gasteiger partial charge is 0.150 e. The molecule has 3 aromatic rings. The van der Waals surface area contributed by atoms with Crippen LogP contribution in [-0.4, -0.2) is 26.2 Å². The number of aromatic nitrogens is 4. The van der Waals surface area contributed by atoms with Crippen LogP contribution in [0.2, 0.25) is 0 Å². The second-order valence-corrected chi connectivity index (χ2v) is 6.73. The molecule has 5 nitrogen and oxygen atoms in total. The summed E-state index contributed by atoms with van der Waals surface area (Å²) in [5.41, 5.74) is 8.14. The van der Waals surface area contributed by atoms with Crippen molar-refractivity contribution in [3.63, 3.8) is 0 Å². The highest BCUT2D eigenvalue weighted by molar-refractivity contribution is 6.09. The summed E-state index contributed by atoms with van der Waals surface area (Å²) in [5.74, 6) is 0. The Labute approximate surface area is 160 Å². The number of aldehydes is 1. The fraction of sp³-hybridized carbons (Fsp3) is 0. The van der Waals surface area contributed by atoms with Crippen molar-refractivity contribution in [1.29, 1.82) is 0 Å². The first kappa shape index (κ1) is 16.2. The van der Waals surface area contributed by atoms with Crippen molar-refractivity contribution in [2.45, 2.75) is 0 Å². The maximum Gasteiger partial charge on any atom is 0.150 e. The summed E-state index contributed by atoms with van der Waals surface area (Å²) >= 11 is 0. The van der Waals surface area contributed by atoms with E-state index >= 15 is 0 Å². The molecular formula is C23H16N4O. The Morgan fingerprint density at radius 1 is 0.750 bits per heavy atom. The van der Waals surface area contributed by atoms with Crippen molar-refractivity contribution in [3.8, 4) is 0 Å². The Hall–Kier alpha value is -3.99. The quantitative estimate of drug-likeness (QED) is 0.347. The molecule has 5 heteroatoms. The van der Waals surface area contributed by atoms with E-state index in [0.717, 1.165) is 56.7 Å². The molecular weight excluding hydrogens is 348 g/mol. The molecule has 5 rings (SSSR count). The second kappa shape index (κ2) is 6.32. The predicted molar refractivity (Wildman–Crippen MR) is 114 cm³/mol. The molecule has 0 aromatic carbocycles. The molecule has 0 fully saturated rings. The third kappa shape index (κ3) is 2.99. The Morgan fingerprint density at radius 2 is 1.36 bits per heavy atom. The summed E-state index contributed by atoms with van der Waals surface area (Å²) in [6, 6.07) is 13.8. The number of rotatable bonds is 2. The number of hydrogen-bond acceptors (Lipinski definition) is 3. The molecule has 2 aliphatic heterocycles.